The van der Waals surface area contributed by atoms with Gasteiger partial charge in [-0.3, -0.25) is 4.90 Å². The van der Waals surface area contributed by atoms with Crippen molar-refractivity contribution < 1.29 is 10.2 Å². The van der Waals surface area contributed by atoms with E-state index in [-0.39, 0.29) is 39.4 Å². The minimum absolute atomic E-state index is 0. The molecule has 1 aliphatic rings. The van der Waals surface area contributed by atoms with E-state index in [2.05, 4.69) is 41.3 Å². The maximum absolute atomic E-state index is 10.2. The van der Waals surface area contributed by atoms with Crippen LogP contribution < -0.4 is 0 Å². The summed E-state index contributed by atoms with van der Waals surface area (Å²) in [6.07, 6.45) is 0.734. The van der Waals surface area contributed by atoms with Crippen LogP contribution >= 0.6 is 28.6 Å². The number of nitrogens with zero attached hydrogens (tertiary/aromatic N) is 1. The summed E-state index contributed by atoms with van der Waals surface area (Å²) >= 11 is 6.42. The van der Waals surface area contributed by atoms with Crippen molar-refractivity contribution in [1.82, 2.24) is 4.90 Å². The zero-order valence-corrected chi connectivity index (χ0v) is 17.9. The topological polar surface area (TPSA) is 43.7 Å². The number of rotatable bonds is 3. The van der Waals surface area contributed by atoms with Crippen LogP contribution in [-0.2, 0) is 13.0 Å². The van der Waals surface area contributed by atoms with E-state index >= 15 is 0 Å². The van der Waals surface area contributed by atoms with Gasteiger partial charge in [-0.2, -0.15) is 0 Å². The maximum atomic E-state index is 10.2. The Morgan fingerprint density at radius 1 is 0.964 bits per heavy atom. The summed E-state index contributed by atoms with van der Waals surface area (Å²) in [6, 6.07) is 22.4. The lowest BCUT2D eigenvalue weighted by Crippen LogP contribution is -2.28. The average Bonchev–Trinajstić information content (AvgIpc) is 2.87. The fourth-order valence-corrected chi connectivity index (χ4v) is 4.22. The quantitative estimate of drug-likeness (QED) is 0.506. The fourth-order valence-electron chi connectivity index (χ4n) is 3.92. The monoisotopic (exact) mass is 459 g/mol. The van der Waals surface area contributed by atoms with Gasteiger partial charge in [0.05, 0.1) is 5.02 Å². The molecule has 3 aromatic carbocycles. The van der Waals surface area contributed by atoms with Gasteiger partial charge in [0, 0.05) is 25.6 Å². The Morgan fingerprint density at radius 3 is 2.29 bits per heavy atom. The van der Waals surface area contributed by atoms with Gasteiger partial charge in [-0.1, -0.05) is 72.3 Å². The Kier molecular flexibility index (Phi) is 6.65. The zero-order valence-electron chi connectivity index (χ0n) is 15.4. The van der Waals surface area contributed by atoms with Crippen molar-refractivity contribution in [1.29, 1.82) is 0 Å². The van der Waals surface area contributed by atoms with Crippen molar-refractivity contribution in [3.63, 3.8) is 0 Å². The lowest BCUT2D eigenvalue weighted by molar-refractivity contribution is 0.268. The van der Waals surface area contributed by atoms with Crippen molar-refractivity contribution in [3.05, 3.63) is 94.0 Å². The van der Waals surface area contributed by atoms with Gasteiger partial charge in [0.25, 0.3) is 0 Å². The Labute approximate surface area is 181 Å². The van der Waals surface area contributed by atoms with Crippen molar-refractivity contribution in [2.24, 2.45) is 0 Å². The molecule has 1 atom stereocenters. The molecule has 2 N–H and O–H groups in total. The molecular formula is C23H23BrClNO2. The Hall–Kier alpha value is -2.01. The van der Waals surface area contributed by atoms with Gasteiger partial charge < -0.3 is 10.2 Å². The highest BCUT2D eigenvalue weighted by atomic mass is 79.9. The number of fused-ring (bicyclic) bond motifs is 1. The Morgan fingerprint density at radius 2 is 1.61 bits per heavy atom. The predicted octanol–water partition coefficient (Wildman–Crippen LogP) is 5.52. The summed E-state index contributed by atoms with van der Waals surface area (Å²) in [5.74, 6) is -0.300. The molecule has 146 valence electrons. The smallest absolute Gasteiger partial charge is 0.176 e. The predicted molar refractivity (Wildman–Crippen MR) is 119 cm³/mol. The van der Waals surface area contributed by atoms with Crippen molar-refractivity contribution in [2.45, 2.75) is 18.9 Å². The Bertz CT molecular complexity index is 934. The maximum Gasteiger partial charge on any atom is 0.176 e. The molecule has 0 saturated heterocycles. The van der Waals surface area contributed by atoms with E-state index in [9.17, 15) is 10.2 Å². The molecule has 3 aromatic rings. The summed E-state index contributed by atoms with van der Waals surface area (Å²) in [4.78, 5) is 2.41. The highest BCUT2D eigenvalue weighted by molar-refractivity contribution is 8.93. The third kappa shape index (κ3) is 4.19. The van der Waals surface area contributed by atoms with E-state index in [0.717, 1.165) is 37.2 Å². The summed E-state index contributed by atoms with van der Waals surface area (Å²) < 4.78 is 0. The number of hydrogen-bond acceptors (Lipinski definition) is 3. The van der Waals surface area contributed by atoms with Crippen LogP contribution in [0.1, 0.15) is 28.2 Å². The van der Waals surface area contributed by atoms with Crippen LogP contribution in [0.2, 0.25) is 5.02 Å². The molecule has 0 aromatic heterocycles. The number of phenols is 2. The van der Waals surface area contributed by atoms with Gasteiger partial charge in [-0.15, -0.1) is 17.0 Å². The van der Waals surface area contributed by atoms with E-state index in [1.54, 1.807) is 6.07 Å². The van der Waals surface area contributed by atoms with Crippen LogP contribution in [-0.4, -0.2) is 28.2 Å². The second kappa shape index (κ2) is 8.99. The SMILES string of the molecule is Br.Oc1cc2c(c(Cl)c1O)CCN(Cc1ccccc1)CC2c1ccccc1. The summed E-state index contributed by atoms with van der Waals surface area (Å²) in [6.45, 7) is 2.52. The van der Waals surface area contributed by atoms with Crippen molar-refractivity contribution >= 4 is 28.6 Å². The van der Waals surface area contributed by atoms with E-state index in [4.69, 9.17) is 11.6 Å². The summed E-state index contributed by atoms with van der Waals surface area (Å²) in [5.41, 5.74) is 4.38. The molecule has 0 spiro atoms. The van der Waals surface area contributed by atoms with Gasteiger partial charge in [0.2, 0.25) is 0 Å². The van der Waals surface area contributed by atoms with Gasteiger partial charge in [0.1, 0.15) is 0 Å². The van der Waals surface area contributed by atoms with E-state index in [1.807, 2.05) is 24.3 Å². The third-order valence-electron chi connectivity index (χ3n) is 5.30. The minimum Gasteiger partial charge on any atom is -0.504 e. The highest BCUT2D eigenvalue weighted by Crippen LogP contribution is 2.43. The first kappa shape index (κ1) is 20.7. The van der Waals surface area contributed by atoms with Gasteiger partial charge in [-0.25, -0.2) is 0 Å². The second-order valence-corrected chi connectivity index (χ2v) is 7.44. The molecule has 28 heavy (non-hydrogen) atoms. The van der Waals surface area contributed by atoms with E-state index in [0.29, 0.717) is 0 Å². The van der Waals surface area contributed by atoms with Crippen LogP contribution in [0, 0.1) is 0 Å². The molecule has 5 heteroatoms. The largest absolute Gasteiger partial charge is 0.504 e. The fraction of sp³-hybridized carbons (Fsp3) is 0.217. The molecule has 4 rings (SSSR count). The Balaban J connectivity index is 0.00000225. The normalized spacial score (nSPS) is 16.7. The average molecular weight is 461 g/mol. The molecule has 0 fully saturated rings. The van der Waals surface area contributed by atoms with Crippen molar-refractivity contribution in [3.8, 4) is 11.5 Å². The number of benzene rings is 3. The van der Waals surface area contributed by atoms with Gasteiger partial charge >= 0.3 is 0 Å². The van der Waals surface area contributed by atoms with Crippen LogP contribution in [0.3, 0.4) is 0 Å². The first-order valence-corrected chi connectivity index (χ1v) is 9.55. The standard InChI is InChI=1S/C23H22ClNO2.BrH/c24-22-18-11-12-25(14-16-7-3-1-4-8-16)15-20(17-9-5-2-6-10-17)19(18)13-21(26)23(22)27;/h1-10,13,20,26-27H,11-12,14-15H2;1H. The zero-order chi connectivity index (χ0) is 18.8. The van der Waals surface area contributed by atoms with Crippen LogP contribution in [0.5, 0.6) is 11.5 Å². The van der Waals surface area contributed by atoms with Crippen molar-refractivity contribution in [2.75, 3.05) is 13.1 Å². The first-order valence-electron chi connectivity index (χ1n) is 9.18. The molecule has 0 saturated carbocycles. The number of halogens is 2. The highest BCUT2D eigenvalue weighted by Gasteiger charge is 2.28. The molecule has 1 heterocycles. The molecule has 0 aliphatic carbocycles. The second-order valence-electron chi connectivity index (χ2n) is 7.06. The number of phenolic OH excluding ortho intramolecular Hbond substituents is 2. The molecule has 3 nitrogen and oxygen atoms in total. The number of hydrogen-bond donors (Lipinski definition) is 2. The molecule has 0 radical (unpaired) electrons. The molecule has 1 aliphatic heterocycles. The third-order valence-corrected chi connectivity index (χ3v) is 5.71. The summed E-state index contributed by atoms with van der Waals surface area (Å²) in [5, 5.41) is 20.6. The van der Waals surface area contributed by atoms with Gasteiger partial charge in [-0.05, 0) is 34.7 Å². The van der Waals surface area contributed by atoms with E-state index in [1.165, 1.54) is 11.1 Å². The van der Waals surface area contributed by atoms with Crippen LogP contribution in [0.4, 0.5) is 0 Å². The molecule has 0 bridgehead atoms. The van der Waals surface area contributed by atoms with E-state index < -0.39 is 0 Å². The summed E-state index contributed by atoms with van der Waals surface area (Å²) in [7, 11) is 0. The lowest BCUT2D eigenvalue weighted by atomic mass is 9.87. The van der Waals surface area contributed by atoms with Gasteiger partial charge in [0.15, 0.2) is 11.5 Å². The molecular weight excluding hydrogens is 438 g/mol. The molecule has 0 amide bonds. The van der Waals surface area contributed by atoms with Crippen LogP contribution in [0.25, 0.3) is 0 Å². The lowest BCUT2D eigenvalue weighted by Gasteiger charge is -2.25. The molecule has 1 unspecified atom stereocenters. The minimum atomic E-state index is -0.223. The number of aromatic hydroxyl groups is 2. The van der Waals surface area contributed by atoms with Crippen LogP contribution in [0.15, 0.2) is 66.7 Å². The first-order chi connectivity index (χ1) is 13.1.